The Hall–Kier alpha value is 0.470. The van der Waals surface area contributed by atoms with Gasteiger partial charge in [0.15, 0.2) is 0 Å². The second-order valence-corrected chi connectivity index (χ2v) is 12.5. The third-order valence-electron chi connectivity index (χ3n) is 7.35. The molecule has 0 aliphatic rings. The summed E-state index contributed by atoms with van der Waals surface area (Å²) in [7, 11) is 0. The molecular formula is C30H59I. The Kier molecular flexibility index (Phi) is 21.4. The van der Waals surface area contributed by atoms with Crippen LogP contribution in [-0.2, 0) is 0 Å². The smallest absolute Gasteiger partial charge is 0.0178 e. The molecule has 0 radical (unpaired) electrons. The van der Waals surface area contributed by atoms with Crippen molar-refractivity contribution in [1.29, 1.82) is 0 Å². The van der Waals surface area contributed by atoms with Crippen molar-refractivity contribution in [2.75, 3.05) is 4.43 Å². The van der Waals surface area contributed by atoms with Gasteiger partial charge in [-0.2, -0.15) is 0 Å². The molecular weight excluding hydrogens is 487 g/mol. The highest BCUT2D eigenvalue weighted by molar-refractivity contribution is 14.1. The van der Waals surface area contributed by atoms with Crippen LogP contribution in [0.1, 0.15) is 145 Å². The zero-order valence-electron chi connectivity index (χ0n) is 22.7. The highest BCUT2D eigenvalue weighted by Crippen LogP contribution is 2.24. The van der Waals surface area contributed by atoms with Crippen molar-refractivity contribution in [3.63, 3.8) is 0 Å². The second-order valence-electron chi connectivity index (χ2n) is 11.6. The van der Waals surface area contributed by atoms with Gasteiger partial charge in [0.05, 0.1) is 0 Å². The molecule has 0 saturated carbocycles. The minimum atomic E-state index is 0.875. The van der Waals surface area contributed by atoms with Gasteiger partial charge in [-0.3, -0.25) is 0 Å². The van der Waals surface area contributed by atoms with Crippen molar-refractivity contribution < 1.29 is 0 Å². The Balaban J connectivity index is 3.62. The average Bonchev–Trinajstić information content (AvgIpc) is 2.68. The van der Waals surface area contributed by atoms with Crippen LogP contribution in [0.2, 0.25) is 0 Å². The summed E-state index contributed by atoms with van der Waals surface area (Å²) in [6.45, 7) is 16.9. The van der Waals surface area contributed by atoms with Crippen LogP contribution in [0.4, 0.5) is 0 Å². The SMILES string of the molecule is C/C(=C\CI)CCCC(C)CCCC(C)CCCC(C)CCCC(C)CCCC(C)C. The Bertz CT molecular complexity index is 411. The Morgan fingerprint density at radius 1 is 0.548 bits per heavy atom. The third kappa shape index (κ3) is 22.0. The van der Waals surface area contributed by atoms with Gasteiger partial charge in [-0.15, -0.1) is 0 Å². The number of allylic oxidation sites excluding steroid dienone is 2. The van der Waals surface area contributed by atoms with Crippen LogP contribution >= 0.6 is 22.6 Å². The highest BCUT2D eigenvalue weighted by atomic mass is 127. The summed E-state index contributed by atoms with van der Waals surface area (Å²) < 4.78 is 1.16. The monoisotopic (exact) mass is 546 g/mol. The van der Waals surface area contributed by atoms with Crippen molar-refractivity contribution in [2.45, 2.75) is 145 Å². The van der Waals surface area contributed by atoms with E-state index in [2.05, 4.69) is 77.1 Å². The van der Waals surface area contributed by atoms with Crippen LogP contribution in [0.3, 0.4) is 0 Å². The van der Waals surface area contributed by atoms with Crippen molar-refractivity contribution in [2.24, 2.45) is 29.6 Å². The van der Waals surface area contributed by atoms with Crippen molar-refractivity contribution in [3.05, 3.63) is 11.6 Å². The van der Waals surface area contributed by atoms with E-state index in [0.29, 0.717) is 0 Å². The van der Waals surface area contributed by atoms with Crippen LogP contribution in [-0.4, -0.2) is 4.43 Å². The molecule has 1 heteroatoms. The minimum Gasteiger partial charge on any atom is -0.0818 e. The molecule has 186 valence electrons. The average molecular weight is 547 g/mol. The fraction of sp³-hybridized carbons (Fsp3) is 0.933. The standard InChI is InChI=1S/C30H59I/c1-25(2)13-8-14-26(3)15-9-16-27(4)17-10-18-28(5)19-11-20-29(6)21-12-22-30(7)23-24-31/h23,25-29H,8-22,24H2,1-7H3/b30-23+. The number of halogens is 1. The lowest BCUT2D eigenvalue weighted by atomic mass is 9.89. The molecule has 0 spiro atoms. The van der Waals surface area contributed by atoms with Gasteiger partial charge in [-0.1, -0.05) is 159 Å². The van der Waals surface area contributed by atoms with E-state index in [4.69, 9.17) is 0 Å². The van der Waals surface area contributed by atoms with Gasteiger partial charge < -0.3 is 0 Å². The summed E-state index contributed by atoms with van der Waals surface area (Å²) in [5, 5.41) is 0. The molecule has 0 nitrogen and oxygen atoms in total. The van der Waals surface area contributed by atoms with Gasteiger partial charge in [0.25, 0.3) is 0 Å². The topological polar surface area (TPSA) is 0 Å². The van der Waals surface area contributed by atoms with E-state index in [1.54, 1.807) is 5.57 Å². The van der Waals surface area contributed by atoms with Crippen LogP contribution < -0.4 is 0 Å². The van der Waals surface area contributed by atoms with Gasteiger partial charge in [0, 0.05) is 4.43 Å². The lowest BCUT2D eigenvalue weighted by molar-refractivity contribution is 0.364. The molecule has 0 N–H and O–H groups in total. The van der Waals surface area contributed by atoms with E-state index < -0.39 is 0 Å². The molecule has 0 fully saturated rings. The summed E-state index contributed by atoms with van der Waals surface area (Å²) in [5.74, 6) is 4.58. The van der Waals surface area contributed by atoms with Gasteiger partial charge in [0.2, 0.25) is 0 Å². The minimum absolute atomic E-state index is 0.875. The predicted molar refractivity (Wildman–Crippen MR) is 153 cm³/mol. The van der Waals surface area contributed by atoms with E-state index in [0.717, 1.165) is 34.0 Å². The summed E-state index contributed by atoms with van der Waals surface area (Å²) >= 11 is 2.44. The quantitative estimate of drug-likeness (QED) is 0.0763. The number of rotatable bonds is 21. The third-order valence-corrected chi connectivity index (χ3v) is 7.79. The zero-order chi connectivity index (χ0) is 23.5. The molecule has 0 aromatic rings. The number of hydrogen-bond donors (Lipinski definition) is 0. The Morgan fingerprint density at radius 3 is 1.19 bits per heavy atom. The maximum absolute atomic E-state index is 2.49. The largest absolute Gasteiger partial charge is 0.0818 e. The van der Waals surface area contributed by atoms with Crippen LogP contribution in [0.25, 0.3) is 0 Å². The summed E-state index contributed by atoms with van der Waals surface area (Å²) in [4.78, 5) is 0. The van der Waals surface area contributed by atoms with Gasteiger partial charge in [-0.25, -0.2) is 0 Å². The maximum Gasteiger partial charge on any atom is 0.0178 e. The molecule has 0 aliphatic carbocycles. The molecule has 0 heterocycles. The van der Waals surface area contributed by atoms with Crippen LogP contribution in [0, 0.1) is 29.6 Å². The van der Waals surface area contributed by atoms with Gasteiger partial charge in [0.1, 0.15) is 0 Å². The predicted octanol–water partition coefficient (Wildman–Crippen LogP) is 11.4. The summed E-state index contributed by atoms with van der Waals surface area (Å²) in [6, 6.07) is 0. The first kappa shape index (κ1) is 31.5. The first-order valence-corrected chi connectivity index (χ1v) is 15.5. The lowest BCUT2D eigenvalue weighted by Crippen LogP contribution is -2.02. The van der Waals surface area contributed by atoms with E-state index in [1.165, 1.54) is 96.3 Å². The number of hydrogen-bond acceptors (Lipinski definition) is 0. The molecule has 0 saturated heterocycles. The van der Waals surface area contributed by atoms with E-state index in [-0.39, 0.29) is 0 Å². The fourth-order valence-electron chi connectivity index (χ4n) is 4.86. The molecule has 0 aliphatic heterocycles. The van der Waals surface area contributed by atoms with Gasteiger partial charge in [-0.05, 0) is 49.4 Å². The first-order valence-electron chi connectivity index (χ1n) is 14.0. The molecule has 4 unspecified atom stereocenters. The molecule has 4 atom stereocenters. The Morgan fingerprint density at radius 2 is 0.871 bits per heavy atom. The molecule has 0 amide bonds. The molecule has 0 bridgehead atoms. The van der Waals surface area contributed by atoms with E-state index in [9.17, 15) is 0 Å². The van der Waals surface area contributed by atoms with Crippen molar-refractivity contribution >= 4 is 22.6 Å². The van der Waals surface area contributed by atoms with Gasteiger partial charge >= 0.3 is 0 Å². The van der Waals surface area contributed by atoms with Crippen molar-refractivity contribution in [1.82, 2.24) is 0 Å². The summed E-state index contributed by atoms with van der Waals surface area (Å²) in [6.07, 6.45) is 23.8. The summed E-state index contributed by atoms with van der Waals surface area (Å²) in [5.41, 5.74) is 1.58. The number of alkyl halides is 1. The first-order chi connectivity index (χ1) is 14.7. The van der Waals surface area contributed by atoms with Crippen molar-refractivity contribution in [3.8, 4) is 0 Å². The molecule has 0 aromatic carbocycles. The van der Waals surface area contributed by atoms with Crippen LogP contribution in [0.15, 0.2) is 11.6 Å². The molecule has 0 aromatic heterocycles. The second kappa shape index (κ2) is 21.0. The molecule has 0 rings (SSSR count). The normalized spacial score (nSPS) is 16.5. The van der Waals surface area contributed by atoms with E-state index in [1.807, 2.05) is 0 Å². The Labute approximate surface area is 212 Å². The zero-order valence-corrected chi connectivity index (χ0v) is 24.8. The lowest BCUT2D eigenvalue weighted by Gasteiger charge is -2.17. The highest BCUT2D eigenvalue weighted by Gasteiger charge is 2.09. The maximum atomic E-state index is 2.49. The molecule has 31 heavy (non-hydrogen) atoms. The van der Waals surface area contributed by atoms with E-state index >= 15 is 0 Å². The fourth-order valence-corrected chi connectivity index (χ4v) is 5.61. The van der Waals surface area contributed by atoms with Crippen LogP contribution in [0.5, 0.6) is 0 Å².